The van der Waals surface area contributed by atoms with Gasteiger partial charge >= 0.3 is 6.01 Å². The first-order chi connectivity index (χ1) is 17.6. The second-order valence-corrected chi connectivity index (χ2v) is 9.59. The number of unbranched alkanes of at least 4 members (excludes halogenated alkanes) is 1. The molecule has 0 saturated carbocycles. The lowest BCUT2D eigenvalue weighted by Crippen LogP contribution is -2.15. The van der Waals surface area contributed by atoms with Crippen LogP contribution in [-0.4, -0.2) is 30.2 Å². The number of aromatic nitrogens is 5. The number of ether oxygens (including phenoxy) is 1. The quantitative estimate of drug-likeness (QED) is 0.388. The number of carbonyl (C=O) groups excluding carboxylic acids is 1. The van der Waals surface area contributed by atoms with Crippen LogP contribution in [0.5, 0.6) is 11.8 Å². The van der Waals surface area contributed by atoms with E-state index in [0.29, 0.717) is 18.3 Å². The lowest BCUT2D eigenvalue weighted by atomic mass is 9.82. The Kier molecular flexibility index (Phi) is 4.64. The van der Waals surface area contributed by atoms with Crippen molar-refractivity contribution in [1.82, 2.24) is 29.6 Å². The molecular weight excluding hydrogens is 452 g/mol. The highest BCUT2D eigenvalue weighted by molar-refractivity contribution is 6.19. The Morgan fingerprint density at radius 1 is 1.11 bits per heavy atom. The van der Waals surface area contributed by atoms with Crippen LogP contribution in [0.4, 0.5) is 0 Å². The summed E-state index contributed by atoms with van der Waals surface area (Å²) in [6, 6.07) is 8.27. The van der Waals surface area contributed by atoms with E-state index in [4.69, 9.17) is 9.84 Å². The van der Waals surface area contributed by atoms with E-state index < -0.39 is 0 Å². The molecule has 1 N–H and O–H groups in total. The molecule has 5 aromatic rings. The van der Waals surface area contributed by atoms with Crippen LogP contribution in [-0.2, 0) is 33.0 Å². The van der Waals surface area contributed by atoms with Gasteiger partial charge in [-0.2, -0.15) is 5.10 Å². The number of hydrogen-bond acceptors (Lipinski definition) is 5. The topological polar surface area (TPSA) is 86.9 Å². The second-order valence-electron chi connectivity index (χ2n) is 9.59. The summed E-state index contributed by atoms with van der Waals surface area (Å²) in [6.07, 6.45) is 9.31. The van der Waals surface area contributed by atoms with Crippen molar-refractivity contribution in [3.05, 3.63) is 65.2 Å². The molecule has 2 aromatic carbocycles. The number of fused-ring (bicyclic) bond motifs is 10. The van der Waals surface area contributed by atoms with Crippen LogP contribution >= 0.6 is 0 Å². The first-order valence-corrected chi connectivity index (χ1v) is 12.5. The van der Waals surface area contributed by atoms with Crippen molar-refractivity contribution in [2.75, 3.05) is 0 Å². The van der Waals surface area contributed by atoms with Gasteiger partial charge in [-0.1, -0.05) is 13.3 Å². The highest BCUT2D eigenvalue weighted by atomic mass is 16.5. The Bertz CT molecular complexity index is 1680. The van der Waals surface area contributed by atoms with E-state index in [2.05, 4.69) is 45.1 Å². The molecule has 36 heavy (non-hydrogen) atoms. The summed E-state index contributed by atoms with van der Waals surface area (Å²) in [7, 11) is 1.95. The van der Waals surface area contributed by atoms with E-state index in [1.54, 1.807) is 18.5 Å². The van der Waals surface area contributed by atoms with Crippen LogP contribution in [0, 0.1) is 0 Å². The summed E-state index contributed by atoms with van der Waals surface area (Å²) < 4.78 is 10.3. The van der Waals surface area contributed by atoms with E-state index in [0.717, 1.165) is 76.5 Å². The van der Waals surface area contributed by atoms with Gasteiger partial charge in [-0.25, -0.2) is 9.97 Å². The Labute approximate surface area is 207 Å². The third kappa shape index (κ3) is 3.00. The molecule has 4 heterocycles. The zero-order chi connectivity index (χ0) is 24.4. The molecule has 0 bridgehead atoms. The number of rotatable bonds is 5. The Balaban J connectivity index is 1.56. The molecule has 0 fully saturated rings. The average molecular weight is 479 g/mol. The van der Waals surface area contributed by atoms with Crippen LogP contribution in [0.1, 0.15) is 46.9 Å². The van der Waals surface area contributed by atoms with Crippen LogP contribution < -0.4 is 10.1 Å². The first kappa shape index (κ1) is 21.1. The SMILES string of the molecule is CCCCn1c2ccc(Oc3ncccn3)cc2c2c3c(c4c(c21)CCc1nn(C)cc1-4)C(=O)NC3. The van der Waals surface area contributed by atoms with Crippen molar-refractivity contribution in [3.63, 3.8) is 0 Å². The summed E-state index contributed by atoms with van der Waals surface area (Å²) in [5.41, 5.74) is 8.75. The van der Waals surface area contributed by atoms with Gasteiger partial charge in [0.2, 0.25) is 0 Å². The highest BCUT2D eigenvalue weighted by Crippen LogP contribution is 2.47. The predicted molar refractivity (Wildman–Crippen MR) is 137 cm³/mol. The molecule has 180 valence electrons. The molecule has 7 rings (SSSR count). The van der Waals surface area contributed by atoms with Gasteiger partial charge in [0.05, 0.1) is 16.8 Å². The van der Waals surface area contributed by atoms with Gasteiger partial charge in [0.15, 0.2) is 0 Å². The molecule has 0 unspecified atom stereocenters. The minimum absolute atomic E-state index is 0.000554. The van der Waals surface area contributed by atoms with Gasteiger partial charge in [0.1, 0.15) is 5.75 Å². The van der Waals surface area contributed by atoms with Crippen molar-refractivity contribution in [3.8, 4) is 22.9 Å². The fraction of sp³-hybridized carbons (Fsp3) is 0.286. The number of benzene rings is 2. The Hall–Kier alpha value is -4.20. The van der Waals surface area contributed by atoms with Crippen molar-refractivity contribution < 1.29 is 9.53 Å². The normalized spacial score (nSPS) is 14.1. The van der Waals surface area contributed by atoms with Crippen LogP contribution in [0.3, 0.4) is 0 Å². The van der Waals surface area contributed by atoms with E-state index in [1.165, 1.54) is 11.1 Å². The number of aryl methyl sites for hydroxylation is 4. The Morgan fingerprint density at radius 3 is 2.81 bits per heavy atom. The van der Waals surface area contributed by atoms with E-state index in [1.807, 2.05) is 17.8 Å². The van der Waals surface area contributed by atoms with Gasteiger partial charge in [0, 0.05) is 66.1 Å². The first-order valence-electron chi connectivity index (χ1n) is 12.5. The van der Waals surface area contributed by atoms with Crippen molar-refractivity contribution in [2.24, 2.45) is 7.05 Å². The number of nitrogens with zero attached hydrogens (tertiary/aromatic N) is 5. The van der Waals surface area contributed by atoms with Gasteiger partial charge in [-0.15, -0.1) is 0 Å². The molecule has 0 radical (unpaired) electrons. The monoisotopic (exact) mass is 478 g/mol. The summed E-state index contributed by atoms with van der Waals surface area (Å²) >= 11 is 0. The maximum absolute atomic E-state index is 13.2. The van der Waals surface area contributed by atoms with Gasteiger partial charge in [-0.05, 0) is 54.7 Å². The molecular formula is C28H26N6O2. The standard InChI is InChI=1S/C28H26N6O2/c1-3-4-12-34-22-9-6-16(36-28-29-10-5-11-30-28)13-18(22)24-19-14-31-27(35)25(19)23-17(26(24)34)7-8-21-20(23)15-33(2)32-21/h5-6,9-11,13,15H,3-4,7-8,12,14H2,1-2H3,(H,31,35). The third-order valence-electron chi connectivity index (χ3n) is 7.40. The lowest BCUT2D eigenvalue weighted by molar-refractivity contribution is 0.0966. The molecule has 0 spiro atoms. The van der Waals surface area contributed by atoms with Crippen molar-refractivity contribution in [2.45, 2.75) is 45.7 Å². The second kappa shape index (κ2) is 7.91. The van der Waals surface area contributed by atoms with Crippen LogP contribution in [0.15, 0.2) is 42.9 Å². The number of carbonyl (C=O) groups is 1. The largest absolute Gasteiger partial charge is 0.424 e. The molecule has 2 aliphatic rings. The number of nitrogens with one attached hydrogen (secondary N) is 1. The molecule has 1 amide bonds. The number of hydrogen-bond donors (Lipinski definition) is 1. The van der Waals surface area contributed by atoms with E-state index in [9.17, 15) is 4.79 Å². The van der Waals surface area contributed by atoms with Gasteiger partial charge < -0.3 is 14.6 Å². The van der Waals surface area contributed by atoms with Crippen molar-refractivity contribution in [1.29, 1.82) is 0 Å². The van der Waals surface area contributed by atoms with Crippen molar-refractivity contribution >= 4 is 27.7 Å². The maximum Gasteiger partial charge on any atom is 0.321 e. The average Bonchev–Trinajstić information content (AvgIpc) is 3.55. The molecule has 1 aliphatic heterocycles. The van der Waals surface area contributed by atoms with Gasteiger partial charge in [0.25, 0.3) is 5.91 Å². The zero-order valence-electron chi connectivity index (χ0n) is 20.3. The minimum Gasteiger partial charge on any atom is -0.424 e. The predicted octanol–water partition coefficient (Wildman–Crippen LogP) is 4.92. The van der Waals surface area contributed by atoms with Gasteiger partial charge in [-0.3, -0.25) is 9.48 Å². The van der Waals surface area contributed by atoms with Crippen LogP contribution in [0.25, 0.3) is 32.9 Å². The molecule has 0 atom stereocenters. The zero-order valence-corrected chi connectivity index (χ0v) is 20.3. The number of amides is 1. The molecule has 0 saturated heterocycles. The van der Waals surface area contributed by atoms with Crippen LogP contribution in [0.2, 0.25) is 0 Å². The summed E-state index contributed by atoms with van der Waals surface area (Å²) in [5.74, 6) is 0.681. The fourth-order valence-corrected chi connectivity index (χ4v) is 5.95. The fourth-order valence-electron chi connectivity index (χ4n) is 5.95. The molecule has 8 heteroatoms. The van der Waals surface area contributed by atoms with E-state index in [-0.39, 0.29) is 5.91 Å². The minimum atomic E-state index is -0.000554. The van der Waals surface area contributed by atoms with E-state index >= 15 is 0 Å². The molecule has 1 aliphatic carbocycles. The third-order valence-corrected chi connectivity index (χ3v) is 7.40. The summed E-state index contributed by atoms with van der Waals surface area (Å²) in [5, 5.41) is 10.1. The summed E-state index contributed by atoms with van der Waals surface area (Å²) in [6.45, 7) is 3.66. The highest BCUT2D eigenvalue weighted by Gasteiger charge is 2.35. The molecule has 3 aromatic heterocycles. The smallest absolute Gasteiger partial charge is 0.321 e. The lowest BCUT2D eigenvalue weighted by Gasteiger charge is -2.21. The maximum atomic E-state index is 13.2. The summed E-state index contributed by atoms with van der Waals surface area (Å²) in [4.78, 5) is 21.7. The Morgan fingerprint density at radius 2 is 1.97 bits per heavy atom. The molecule has 8 nitrogen and oxygen atoms in total.